The molecule has 0 saturated carbocycles. The third kappa shape index (κ3) is 10.1. The SMILES string of the molecule is CCNC(=NCCc1ccc(C)cc1)NC1CCN(CCOC(C)C)CC1.I. The molecule has 2 rings (SSSR count). The first-order chi connectivity index (χ1) is 13.1. The number of nitrogens with zero attached hydrogens (tertiary/aromatic N) is 2. The van der Waals surface area contributed by atoms with E-state index in [-0.39, 0.29) is 24.0 Å². The minimum atomic E-state index is 0. The van der Waals surface area contributed by atoms with Gasteiger partial charge in [0.05, 0.1) is 12.7 Å². The molecule has 1 heterocycles. The minimum absolute atomic E-state index is 0. The van der Waals surface area contributed by atoms with Crippen LogP contribution < -0.4 is 10.6 Å². The van der Waals surface area contributed by atoms with E-state index in [0.29, 0.717) is 12.1 Å². The molecule has 1 saturated heterocycles. The summed E-state index contributed by atoms with van der Waals surface area (Å²) in [5, 5.41) is 7.02. The van der Waals surface area contributed by atoms with Crippen molar-refractivity contribution < 1.29 is 4.74 Å². The molecule has 1 aliphatic heterocycles. The second-order valence-electron chi connectivity index (χ2n) is 7.68. The standard InChI is InChI=1S/C22H38N4O.HI/c1-5-23-22(24-13-10-20-8-6-19(4)7-9-20)25-21-11-14-26(15-12-21)16-17-27-18(2)3;/h6-9,18,21H,5,10-17H2,1-4H3,(H2,23,24,25);1H. The smallest absolute Gasteiger partial charge is 0.191 e. The zero-order valence-electron chi connectivity index (χ0n) is 18.0. The van der Waals surface area contributed by atoms with Gasteiger partial charge in [0.1, 0.15) is 0 Å². The van der Waals surface area contributed by atoms with Gasteiger partial charge >= 0.3 is 0 Å². The van der Waals surface area contributed by atoms with Crippen molar-refractivity contribution in [2.45, 2.75) is 59.1 Å². The molecule has 0 aromatic heterocycles. The van der Waals surface area contributed by atoms with Crippen LogP contribution in [-0.4, -0.2) is 62.3 Å². The average molecular weight is 502 g/mol. The maximum atomic E-state index is 5.67. The van der Waals surface area contributed by atoms with Crippen LogP contribution in [0.4, 0.5) is 0 Å². The van der Waals surface area contributed by atoms with Crippen LogP contribution in [0, 0.1) is 6.92 Å². The summed E-state index contributed by atoms with van der Waals surface area (Å²) in [5.74, 6) is 0.950. The highest BCUT2D eigenvalue weighted by molar-refractivity contribution is 14.0. The van der Waals surface area contributed by atoms with E-state index in [1.807, 2.05) is 0 Å². The number of aliphatic imine (C=N–C) groups is 1. The quantitative estimate of drug-likeness (QED) is 0.308. The summed E-state index contributed by atoms with van der Waals surface area (Å²) in [6.45, 7) is 14.3. The van der Waals surface area contributed by atoms with Gasteiger partial charge < -0.3 is 20.3 Å². The van der Waals surface area contributed by atoms with E-state index >= 15 is 0 Å². The molecule has 1 aromatic carbocycles. The van der Waals surface area contributed by atoms with Crippen LogP contribution in [0.2, 0.25) is 0 Å². The molecule has 1 fully saturated rings. The average Bonchev–Trinajstić information content (AvgIpc) is 2.64. The van der Waals surface area contributed by atoms with Crippen LogP contribution in [0.15, 0.2) is 29.3 Å². The molecular formula is C22H39IN4O. The summed E-state index contributed by atoms with van der Waals surface area (Å²) in [7, 11) is 0. The Morgan fingerprint density at radius 2 is 1.89 bits per heavy atom. The van der Waals surface area contributed by atoms with Gasteiger partial charge in [0.15, 0.2) is 5.96 Å². The summed E-state index contributed by atoms with van der Waals surface area (Å²) in [6, 6.07) is 9.24. The zero-order valence-corrected chi connectivity index (χ0v) is 20.4. The van der Waals surface area contributed by atoms with Crippen molar-refractivity contribution in [1.82, 2.24) is 15.5 Å². The Balaban J connectivity index is 0.00000392. The van der Waals surface area contributed by atoms with Gasteiger partial charge in [-0.3, -0.25) is 4.99 Å². The predicted molar refractivity (Wildman–Crippen MR) is 130 cm³/mol. The number of guanidine groups is 1. The number of likely N-dealkylation sites (tertiary alicyclic amines) is 1. The molecule has 0 unspecified atom stereocenters. The Morgan fingerprint density at radius 1 is 1.21 bits per heavy atom. The van der Waals surface area contributed by atoms with E-state index < -0.39 is 0 Å². The number of piperidine rings is 1. The summed E-state index contributed by atoms with van der Waals surface area (Å²) >= 11 is 0. The topological polar surface area (TPSA) is 48.9 Å². The van der Waals surface area contributed by atoms with E-state index in [4.69, 9.17) is 9.73 Å². The molecule has 0 bridgehead atoms. The summed E-state index contributed by atoms with van der Waals surface area (Å²) in [4.78, 5) is 7.28. The lowest BCUT2D eigenvalue weighted by Crippen LogP contribution is -2.49. The zero-order chi connectivity index (χ0) is 19.5. The Kier molecular flexibility index (Phi) is 12.7. The first kappa shape index (κ1) is 25.2. The second kappa shape index (κ2) is 14.2. The number of hydrogen-bond donors (Lipinski definition) is 2. The summed E-state index contributed by atoms with van der Waals surface area (Å²) in [5.41, 5.74) is 2.65. The number of rotatable bonds is 9. The van der Waals surface area contributed by atoms with Crippen LogP contribution in [0.5, 0.6) is 0 Å². The van der Waals surface area contributed by atoms with Crippen LogP contribution >= 0.6 is 24.0 Å². The monoisotopic (exact) mass is 502 g/mol. The highest BCUT2D eigenvalue weighted by atomic mass is 127. The Morgan fingerprint density at radius 3 is 2.50 bits per heavy atom. The lowest BCUT2D eigenvalue weighted by molar-refractivity contribution is 0.0532. The number of nitrogens with one attached hydrogen (secondary N) is 2. The number of ether oxygens (including phenoxy) is 1. The first-order valence-corrected chi connectivity index (χ1v) is 10.5. The van der Waals surface area contributed by atoms with Crippen LogP contribution in [-0.2, 0) is 11.2 Å². The molecule has 0 atom stereocenters. The number of hydrogen-bond acceptors (Lipinski definition) is 3. The van der Waals surface area contributed by atoms with Crippen molar-refractivity contribution in [2.75, 3.05) is 39.3 Å². The third-order valence-corrected chi connectivity index (χ3v) is 4.92. The second-order valence-corrected chi connectivity index (χ2v) is 7.68. The van der Waals surface area contributed by atoms with Crippen molar-refractivity contribution in [3.05, 3.63) is 35.4 Å². The molecule has 6 heteroatoms. The maximum Gasteiger partial charge on any atom is 0.191 e. The number of aryl methyl sites for hydroxylation is 1. The third-order valence-electron chi connectivity index (χ3n) is 4.92. The maximum absolute atomic E-state index is 5.67. The van der Waals surface area contributed by atoms with Crippen molar-refractivity contribution in [3.8, 4) is 0 Å². The molecule has 0 radical (unpaired) electrons. The lowest BCUT2D eigenvalue weighted by atomic mass is 10.1. The van der Waals surface area contributed by atoms with Gasteiger partial charge in [0.2, 0.25) is 0 Å². The van der Waals surface area contributed by atoms with E-state index in [9.17, 15) is 0 Å². The molecule has 2 N–H and O–H groups in total. The van der Waals surface area contributed by atoms with Crippen LogP contribution in [0.25, 0.3) is 0 Å². The summed E-state index contributed by atoms with van der Waals surface area (Å²) in [6.07, 6.45) is 3.61. The van der Waals surface area contributed by atoms with Crippen molar-refractivity contribution in [1.29, 1.82) is 0 Å². The van der Waals surface area contributed by atoms with Crippen LogP contribution in [0.3, 0.4) is 0 Å². The molecule has 0 aliphatic carbocycles. The predicted octanol–water partition coefficient (Wildman–Crippen LogP) is 3.60. The minimum Gasteiger partial charge on any atom is -0.377 e. The fraction of sp³-hybridized carbons (Fsp3) is 0.682. The van der Waals surface area contributed by atoms with Crippen molar-refractivity contribution >= 4 is 29.9 Å². The number of halogens is 1. The van der Waals surface area contributed by atoms with Crippen molar-refractivity contribution in [2.24, 2.45) is 4.99 Å². The van der Waals surface area contributed by atoms with Gasteiger partial charge in [0, 0.05) is 38.8 Å². The molecule has 0 spiro atoms. The lowest BCUT2D eigenvalue weighted by Gasteiger charge is -2.33. The highest BCUT2D eigenvalue weighted by Gasteiger charge is 2.19. The molecule has 0 amide bonds. The number of benzene rings is 1. The normalized spacial score (nSPS) is 16.1. The van der Waals surface area contributed by atoms with Gasteiger partial charge in [-0.2, -0.15) is 0 Å². The van der Waals surface area contributed by atoms with Gasteiger partial charge in [-0.15, -0.1) is 24.0 Å². The van der Waals surface area contributed by atoms with E-state index in [0.717, 1.165) is 64.6 Å². The van der Waals surface area contributed by atoms with E-state index in [2.05, 4.69) is 67.5 Å². The Labute approximate surface area is 188 Å². The largest absolute Gasteiger partial charge is 0.377 e. The molecule has 5 nitrogen and oxygen atoms in total. The van der Waals surface area contributed by atoms with E-state index in [1.165, 1.54) is 11.1 Å². The van der Waals surface area contributed by atoms with E-state index in [1.54, 1.807) is 0 Å². The van der Waals surface area contributed by atoms with Gasteiger partial charge in [-0.25, -0.2) is 0 Å². The van der Waals surface area contributed by atoms with Crippen LogP contribution in [0.1, 0.15) is 44.7 Å². The van der Waals surface area contributed by atoms with Crippen molar-refractivity contribution in [3.63, 3.8) is 0 Å². The molecule has 28 heavy (non-hydrogen) atoms. The van der Waals surface area contributed by atoms with Gasteiger partial charge in [-0.05, 0) is 52.5 Å². The van der Waals surface area contributed by atoms with Gasteiger partial charge in [0.25, 0.3) is 0 Å². The Hall–Kier alpha value is -0.860. The summed E-state index contributed by atoms with van der Waals surface area (Å²) < 4.78 is 5.67. The molecule has 1 aromatic rings. The fourth-order valence-electron chi connectivity index (χ4n) is 3.28. The highest BCUT2D eigenvalue weighted by Crippen LogP contribution is 2.10. The first-order valence-electron chi connectivity index (χ1n) is 10.5. The molecule has 160 valence electrons. The fourth-order valence-corrected chi connectivity index (χ4v) is 3.28. The van der Waals surface area contributed by atoms with Gasteiger partial charge in [-0.1, -0.05) is 29.8 Å². The Bertz CT molecular complexity index is 554. The molecular weight excluding hydrogens is 463 g/mol. The molecule has 1 aliphatic rings.